The Labute approximate surface area is 217 Å². The molecule has 3 aliphatic heterocycles. The maximum atomic E-state index is 2.96. The molecule has 0 N–H and O–H groups in total. The molecule has 3 aromatic carbocycles. The number of anilines is 3. The van der Waals surface area contributed by atoms with E-state index in [4.69, 9.17) is 0 Å². The van der Waals surface area contributed by atoms with E-state index in [9.17, 15) is 0 Å². The van der Waals surface area contributed by atoms with E-state index in [2.05, 4.69) is 96.4 Å². The summed E-state index contributed by atoms with van der Waals surface area (Å²) in [4.78, 5) is 5.45. The second-order valence-corrected chi connectivity index (χ2v) is 12.7. The van der Waals surface area contributed by atoms with Crippen molar-refractivity contribution in [1.82, 2.24) is 0 Å². The fraction of sp³-hybridized carbons (Fsp3) is 0.455. The molecule has 0 amide bonds. The SMILES string of the molecule is Cc1c(C)c2c3c(c1C)N(C)c1ccccc1B3N1c3c-2c(C)c(C)c(C)c3C2(C)CCCCC12C. The first-order valence-corrected chi connectivity index (χ1v) is 14.0. The molecular weight excluding hydrogens is 435 g/mol. The zero-order valence-electron chi connectivity index (χ0n) is 23.6. The van der Waals surface area contributed by atoms with Crippen LogP contribution in [0.2, 0.25) is 0 Å². The van der Waals surface area contributed by atoms with E-state index in [-0.39, 0.29) is 17.8 Å². The smallest absolute Gasteiger partial charge is 0.328 e. The third-order valence-corrected chi connectivity index (χ3v) is 11.5. The van der Waals surface area contributed by atoms with E-state index in [1.54, 1.807) is 16.7 Å². The second kappa shape index (κ2) is 6.79. The number of hydrogen-bond donors (Lipinski definition) is 0. The summed E-state index contributed by atoms with van der Waals surface area (Å²) in [6.45, 7) is 19.8. The molecule has 1 aliphatic carbocycles. The first kappa shape index (κ1) is 22.5. The van der Waals surface area contributed by atoms with Crippen molar-refractivity contribution in [1.29, 1.82) is 0 Å². The Hall–Kier alpha value is -2.68. The molecule has 0 spiro atoms. The number of nitrogens with zero attached hydrogens (tertiary/aromatic N) is 2. The minimum atomic E-state index is 0.0999. The maximum Gasteiger partial charge on any atom is 0.328 e. The summed E-state index contributed by atoms with van der Waals surface area (Å²) < 4.78 is 0. The Morgan fingerprint density at radius 2 is 1.36 bits per heavy atom. The van der Waals surface area contributed by atoms with Gasteiger partial charge in [-0.1, -0.05) is 38.0 Å². The van der Waals surface area contributed by atoms with Crippen molar-refractivity contribution in [2.45, 2.75) is 92.0 Å². The molecule has 3 heterocycles. The van der Waals surface area contributed by atoms with Crippen LogP contribution in [0.25, 0.3) is 11.1 Å². The molecule has 7 rings (SSSR count). The Morgan fingerprint density at radius 1 is 0.722 bits per heavy atom. The fourth-order valence-electron chi connectivity index (χ4n) is 9.05. The number of rotatable bonds is 0. The Bertz CT molecular complexity index is 1520. The molecule has 4 aliphatic rings. The Kier molecular flexibility index (Phi) is 4.25. The van der Waals surface area contributed by atoms with Crippen LogP contribution < -0.4 is 20.6 Å². The van der Waals surface area contributed by atoms with Gasteiger partial charge in [0.15, 0.2) is 0 Å². The van der Waals surface area contributed by atoms with Crippen LogP contribution in [0.5, 0.6) is 0 Å². The van der Waals surface area contributed by atoms with E-state index in [1.165, 1.54) is 87.0 Å². The summed E-state index contributed by atoms with van der Waals surface area (Å²) in [6, 6.07) is 9.22. The van der Waals surface area contributed by atoms with Gasteiger partial charge in [0.05, 0.1) is 0 Å². The van der Waals surface area contributed by atoms with Gasteiger partial charge in [0.1, 0.15) is 0 Å². The number of hydrogen-bond acceptors (Lipinski definition) is 2. The predicted octanol–water partition coefficient (Wildman–Crippen LogP) is 6.82. The molecule has 1 saturated carbocycles. The van der Waals surface area contributed by atoms with Gasteiger partial charge in [0.2, 0.25) is 0 Å². The normalized spacial score (nSPS) is 25.0. The third-order valence-electron chi connectivity index (χ3n) is 11.5. The van der Waals surface area contributed by atoms with Crippen LogP contribution in [0.4, 0.5) is 17.1 Å². The van der Waals surface area contributed by atoms with Crippen molar-refractivity contribution in [3.05, 3.63) is 63.2 Å². The quantitative estimate of drug-likeness (QED) is 0.330. The van der Waals surface area contributed by atoms with Crippen LogP contribution in [-0.4, -0.2) is 19.4 Å². The highest BCUT2D eigenvalue weighted by atomic mass is 15.2. The molecule has 184 valence electrons. The van der Waals surface area contributed by atoms with Crippen LogP contribution in [0.15, 0.2) is 24.3 Å². The second-order valence-electron chi connectivity index (χ2n) is 12.7. The summed E-state index contributed by atoms with van der Waals surface area (Å²) in [5, 5.41) is 0. The minimum absolute atomic E-state index is 0.0999. The molecule has 0 saturated heterocycles. The van der Waals surface area contributed by atoms with Crippen molar-refractivity contribution >= 4 is 34.8 Å². The van der Waals surface area contributed by atoms with Gasteiger partial charge in [-0.2, -0.15) is 0 Å². The van der Waals surface area contributed by atoms with Crippen molar-refractivity contribution in [3.63, 3.8) is 0 Å². The van der Waals surface area contributed by atoms with Crippen LogP contribution in [0.1, 0.15) is 78.5 Å². The topological polar surface area (TPSA) is 6.48 Å². The van der Waals surface area contributed by atoms with Crippen LogP contribution in [0.3, 0.4) is 0 Å². The van der Waals surface area contributed by atoms with Crippen molar-refractivity contribution in [2.75, 3.05) is 16.8 Å². The highest BCUT2D eigenvalue weighted by Crippen LogP contribution is 2.64. The highest BCUT2D eigenvalue weighted by molar-refractivity contribution is 6.93. The average Bonchev–Trinajstić information content (AvgIpc) is 3.08. The molecule has 3 heteroatoms. The van der Waals surface area contributed by atoms with Gasteiger partial charge in [-0.25, -0.2) is 0 Å². The van der Waals surface area contributed by atoms with Gasteiger partial charge in [-0.3, -0.25) is 0 Å². The van der Waals surface area contributed by atoms with Gasteiger partial charge in [0, 0.05) is 40.6 Å². The zero-order valence-corrected chi connectivity index (χ0v) is 23.6. The maximum absolute atomic E-state index is 2.96. The van der Waals surface area contributed by atoms with E-state index in [0.717, 1.165) is 0 Å². The Balaban J connectivity index is 1.74. The molecule has 3 aromatic rings. The summed E-state index contributed by atoms with van der Waals surface area (Å²) in [7, 11) is 2.29. The average molecular weight is 475 g/mol. The summed E-state index contributed by atoms with van der Waals surface area (Å²) >= 11 is 0. The fourth-order valence-corrected chi connectivity index (χ4v) is 9.05. The van der Waals surface area contributed by atoms with Crippen molar-refractivity contribution in [2.24, 2.45) is 0 Å². The van der Waals surface area contributed by atoms with Crippen LogP contribution in [0, 0.1) is 41.5 Å². The molecular formula is C33H39BN2. The standard InChI is InChI=1S/C33H39BN2/c1-18-21(4)27-26-20(3)19(2)23(6)30-29(26)34(24-14-10-11-15-25(24)35(30)9)36-31(27)28(22(18)5)32(7)16-12-13-17-33(32,36)8/h10-11,14-15H,12-13,16-17H2,1-9H3. The summed E-state index contributed by atoms with van der Waals surface area (Å²) in [6.07, 6.45) is 5.20. The van der Waals surface area contributed by atoms with Crippen LogP contribution >= 0.6 is 0 Å². The monoisotopic (exact) mass is 474 g/mol. The van der Waals surface area contributed by atoms with E-state index in [0.29, 0.717) is 0 Å². The van der Waals surface area contributed by atoms with Gasteiger partial charge < -0.3 is 9.71 Å². The number of fused-ring (bicyclic) bond motifs is 7. The summed E-state index contributed by atoms with van der Waals surface area (Å²) in [5.41, 5.74) is 21.3. The van der Waals surface area contributed by atoms with Crippen molar-refractivity contribution < 1.29 is 0 Å². The van der Waals surface area contributed by atoms with Gasteiger partial charge in [-0.05, 0) is 123 Å². The lowest BCUT2D eigenvalue weighted by Crippen LogP contribution is -2.71. The van der Waals surface area contributed by atoms with Crippen molar-refractivity contribution in [3.8, 4) is 11.1 Å². The van der Waals surface area contributed by atoms with E-state index >= 15 is 0 Å². The van der Waals surface area contributed by atoms with E-state index in [1.807, 2.05) is 0 Å². The third kappa shape index (κ3) is 2.20. The highest BCUT2D eigenvalue weighted by Gasteiger charge is 2.63. The lowest BCUT2D eigenvalue weighted by Gasteiger charge is -2.55. The van der Waals surface area contributed by atoms with Gasteiger partial charge >= 0.3 is 6.85 Å². The molecule has 1 fully saturated rings. The first-order valence-electron chi connectivity index (χ1n) is 14.0. The number of benzene rings is 3. The zero-order chi connectivity index (χ0) is 25.5. The molecule has 2 atom stereocenters. The first-order chi connectivity index (χ1) is 17.1. The van der Waals surface area contributed by atoms with Gasteiger partial charge in [-0.15, -0.1) is 0 Å². The Morgan fingerprint density at radius 3 is 2.11 bits per heavy atom. The molecule has 0 bridgehead atoms. The lowest BCUT2D eigenvalue weighted by atomic mass is 9.41. The molecule has 0 aromatic heterocycles. The lowest BCUT2D eigenvalue weighted by molar-refractivity contribution is 0.198. The van der Waals surface area contributed by atoms with E-state index < -0.39 is 0 Å². The molecule has 2 nitrogen and oxygen atoms in total. The minimum Gasteiger partial charge on any atom is -0.400 e. The predicted molar refractivity (Wildman–Crippen MR) is 157 cm³/mol. The summed E-state index contributed by atoms with van der Waals surface area (Å²) in [5.74, 6) is 0. The molecule has 0 radical (unpaired) electrons. The largest absolute Gasteiger partial charge is 0.400 e. The van der Waals surface area contributed by atoms with Crippen LogP contribution in [-0.2, 0) is 5.41 Å². The molecule has 2 unspecified atom stereocenters. The number of para-hydroxylation sites is 1. The molecule has 36 heavy (non-hydrogen) atoms. The van der Waals surface area contributed by atoms with Gasteiger partial charge in [0.25, 0.3) is 0 Å².